The second kappa shape index (κ2) is 4.59. The van der Waals surface area contributed by atoms with Gasteiger partial charge < -0.3 is 5.73 Å². The van der Waals surface area contributed by atoms with Crippen molar-refractivity contribution in [3.63, 3.8) is 0 Å². The van der Waals surface area contributed by atoms with E-state index in [1.54, 1.807) is 12.1 Å². The monoisotopic (exact) mass is 248 g/mol. The lowest BCUT2D eigenvalue weighted by molar-refractivity contribution is 0.679. The van der Waals surface area contributed by atoms with Gasteiger partial charge in [-0.2, -0.15) is 5.10 Å². The topological polar surface area (TPSA) is 67.7 Å². The molecule has 0 fully saturated rings. The van der Waals surface area contributed by atoms with Crippen LogP contribution in [0.25, 0.3) is 0 Å². The molecular weight excluding hydrogens is 236 g/mol. The van der Waals surface area contributed by atoms with E-state index in [0.717, 1.165) is 11.3 Å². The lowest BCUT2D eigenvalue weighted by Gasteiger charge is -2.06. The molecule has 4 nitrogen and oxygen atoms in total. The molecule has 0 amide bonds. The molecule has 0 unspecified atom stereocenters. The van der Waals surface area contributed by atoms with E-state index in [0.29, 0.717) is 17.1 Å². The van der Waals surface area contributed by atoms with E-state index in [1.165, 1.54) is 0 Å². The molecule has 5 heteroatoms. The Kier molecular flexibility index (Phi) is 3.15. The summed E-state index contributed by atoms with van der Waals surface area (Å²) < 4.78 is 1.82. The van der Waals surface area contributed by atoms with Crippen LogP contribution in [0.1, 0.15) is 16.8 Å². The van der Waals surface area contributed by atoms with E-state index in [4.69, 9.17) is 22.7 Å². The summed E-state index contributed by atoms with van der Waals surface area (Å²) in [4.78, 5) is 0. The van der Waals surface area contributed by atoms with Gasteiger partial charge >= 0.3 is 0 Å². The molecule has 17 heavy (non-hydrogen) atoms. The second-order valence-corrected chi connectivity index (χ2v) is 4.28. The predicted molar refractivity (Wildman–Crippen MR) is 68.5 cm³/mol. The maximum atomic E-state index is 7.33. The van der Waals surface area contributed by atoms with Crippen LogP contribution in [0.15, 0.2) is 30.5 Å². The van der Waals surface area contributed by atoms with Gasteiger partial charge in [0, 0.05) is 16.8 Å². The number of nitrogens with zero attached hydrogens (tertiary/aromatic N) is 2. The van der Waals surface area contributed by atoms with Gasteiger partial charge in [-0.25, -0.2) is 0 Å². The zero-order valence-electron chi connectivity index (χ0n) is 9.44. The SMILES string of the molecule is Cc1ccn(Cc2ccc(C(=N)N)cc2Cl)n1. The molecule has 88 valence electrons. The molecule has 0 aliphatic heterocycles. The Hall–Kier alpha value is -1.81. The number of nitrogens with one attached hydrogen (secondary N) is 1. The van der Waals surface area contributed by atoms with E-state index < -0.39 is 0 Å². The van der Waals surface area contributed by atoms with Gasteiger partial charge in [-0.1, -0.05) is 23.7 Å². The van der Waals surface area contributed by atoms with Crippen molar-refractivity contribution >= 4 is 17.4 Å². The Morgan fingerprint density at radius 1 is 1.47 bits per heavy atom. The number of amidine groups is 1. The highest BCUT2D eigenvalue weighted by Crippen LogP contribution is 2.18. The molecule has 2 aromatic rings. The number of nitrogens with two attached hydrogens (primary N) is 1. The Morgan fingerprint density at radius 2 is 2.24 bits per heavy atom. The zero-order valence-corrected chi connectivity index (χ0v) is 10.2. The summed E-state index contributed by atoms with van der Waals surface area (Å²) >= 11 is 6.14. The van der Waals surface area contributed by atoms with Crippen LogP contribution < -0.4 is 5.73 Å². The molecule has 0 bridgehead atoms. The smallest absolute Gasteiger partial charge is 0.122 e. The fraction of sp³-hybridized carbons (Fsp3) is 0.167. The van der Waals surface area contributed by atoms with Crippen molar-refractivity contribution in [1.29, 1.82) is 5.41 Å². The van der Waals surface area contributed by atoms with E-state index >= 15 is 0 Å². The van der Waals surface area contributed by atoms with Crippen LogP contribution in [0.2, 0.25) is 5.02 Å². The van der Waals surface area contributed by atoms with Gasteiger partial charge in [-0.05, 0) is 24.6 Å². The van der Waals surface area contributed by atoms with Gasteiger partial charge in [0.05, 0.1) is 12.2 Å². The second-order valence-electron chi connectivity index (χ2n) is 3.87. The first-order valence-corrected chi connectivity index (χ1v) is 5.57. The summed E-state index contributed by atoms with van der Waals surface area (Å²) in [6, 6.07) is 7.31. The first-order valence-electron chi connectivity index (χ1n) is 5.19. The van der Waals surface area contributed by atoms with Crippen molar-refractivity contribution in [3.8, 4) is 0 Å². The molecule has 0 saturated carbocycles. The number of aryl methyl sites for hydroxylation is 1. The summed E-state index contributed by atoms with van der Waals surface area (Å²) in [6.45, 7) is 2.56. The third kappa shape index (κ3) is 2.65. The van der Waals surface area contributed by atoms with Gasteiger partial charge in [0.15, 0.2) is 0 Å². The molecule has 2 rings (SSSR count). The number of hydrogen-bond acceptors (Lipinski definition) is 2. The minimum Gasteiger partial charge on any atom is -0.384 e. The minimum absolute atomic E-state index is 0.0217. The van der Waals surface area contributed by atoms with Crippen molar-refractivity contribution in [2.45, 2.75) is 13.5 Å². The van der Waals surface area contributed by atoms with Crippen LogP contribution >= 0.6 is 11.6 Å². The van der Waals surface area contributed by atoms with E-state index in [9.17, 15) is 0 Å². The highest BCUT2D eigenvalue weighted by Gasteiger charge is 2.05. The van der Waals surface area contributed by atoms with E-state index in [2.05, 4.69) is 5.10 Å². The summed E-state index contributed by atoms with van der Waals surface area (Å²) in [6.07, 6.45) is 1.91. The predicted octanol–water partition coefficient (Wildman–Crippen LogP) is 2.18. The van der Waals surface area contributed by atoms with Crippen LogP contribution in [0.3, 0.4) is 0 Å². The quantitative estimate of drug-likeness (QED) is 0.646. The highest BCUT2D eigenvalue weighted by atomic mass is 35.5. The average molecular weight is 249 g/mol. The standard InChI is InChI=1S/C12H13ClN4/c1-8-4-5-17(16-8)7-10-3-2-9(12(14)15)6-11(10)13/h2-6H,7H2,1H3,(H3,14,15). The fourth-order valence-electron chi connectivity index (χ4n) is 1.57. The van der Waals surface area contributed by atoms with Crippen LogP contribution in [0, 0.1) is 12.3 Å². The largest absolute Gasteiger partial charge is 0.384 e. The van der Waals surface area contributed by atoms with E-state index in [-0.39, 0.29) is 5.84 Å². The molecule has 0 radical (unpaired) electrons. The first kappa shape index (κ1) is 11.7. The molecule has 0 aliphatic carbocycles. The average Bonchev–Trinajstić information content (AvgIpc) is 2.67. The number of hydrogen-bond donors (Lipinski definition) is 2. The lowest BCUT2D eigenvalue weighted by Crippen LogP contribution is -2.11. The van der Waals surface area contributed by atoms with Crippen molar-refractivity contribution < 1.29 is 0 Å². The van der Waals surface area contributed by atoms with Crippen LogP contribution in [0.4, 0.5) is 0 Å². The third-order valence-electron chi connectivity index (χ3n) is 2.47. The first-order chi connectivity index (χ1) is 8.06. The molecule has 0 spiro atoms. The summed E-state index contributed by atoms with van der Waals surface area (Å²) in [5, 5.41) is 12.2. The summed E-state index contributed by atoms with van der Waals surface area (Å²) in [5.41, 5.74) is 7.96. The fourth-order valence-corrected chi connectivity index (χ4v) is 1.81. The molecule has 0 saturated heterocycles. The van der Waals surface area contributed by atoms with Crippen LogP contribution in [-0.2, 0) is 6.54 Å². The lowest BCUT2D eigenvalue weighted by atomic mass is 10.1. The van der Waals surface area contributed by atoms with Gasteiger partial charge in [0.2, 0.25) is 0 Å². The van der Waals surface area contributed by atoms with Crippen LogP contribution in [-0.4, -0.2) is 15.6 Å². The number of rotatable bonds is 3. The maximum absolute atomic E-state index is 7.33. The normalized spacial score (nSPS) is 10.5. The molecule has 1 aromatic carbocycles. The third-order valence-corrected chi connectivity index (χ3v) is 2.82. The van der Waals surface area contributed by atoms with Gasteiger partial charge in [-0.3, -0.25) is 10.1 Å². The number of halogens is 1. The minimum atomic E-state index is 0.0217. The number of benzene rings is 1. The number of aromatic nitrogens is 2. The molecule has 3 N–H and O–H groups in total. The Morgan fingerprint density at radius 3 is 2.76 bits per heavy atom. The number of nitrogen functional groups attached to an aromatic ring is 1. The van der Waals surface area contributed by atoms with Crippen molar-refractivity contribution in [2.24, 2.45) is 5.73 Å². The van der Waals surface area contributed by atoms with Crippen molar-refractivity contribution in [1.82, 2.24) is 9.78 Å². The molecular formula is C12H13ClN4. The Bertz CT molecular complexity index is 559. The Balaban J connectivity index is 2.25. The maximum Gasteiger partial charge on any atom is 0.122 e. The Labute approximate surface area is 105 Å². The molecule has 0 atom stereocenters. The zero-order chi connectivity index (χ0) is 12.4. The summed E-state index contributed by atoms with van der Waals surface area (Å²) in [7, 11) is 0. The van der Waals surface area contributed by atoms with Crippen molar-refractivity contribution in [2.75, 3.05) is 0 Å². The molecule has 0 aliphatic rings. The highest BCUT2D eigenvalue weighted by molar-refractivity contribution is 6.31. The van der Waals surface area contributed by atoms with Crippen molar-refractivity contribution in [3.05, 3.63) is 52.3 Å². The van der Waals surface area contributed by atoms with Gasteiger partial charge in [0.1, 0.15) is 5.84 Å². The van der Waals surface area contributed by atoms with Gasteiger partial charge in [0.25, 0.3) is 0 Å². The molecule has 1 heterocycles. The van der Waals surface area contributed by atoms with Gasteiger partial charge in [-0.15, -0.1) is 0 Å². The van der Waals surface area contributed by atoms with E-state index in [1.807, 2.05) is 29.9 Å². The molecule has 1 aromatic heterocycles. The van der Waals surface area contributed by atoms with Crippen LogP contribution in [0.5, 0.6) is 0 Å². The summed E-state index contributed by atoms with van der Waals surface area (Å²) in [5.74, 6) is 0.0217.